The van der Waals surface area contributed by atoms with Crippen LogP contribution in [0.3, 0.4) is 0 Å². The molecule has 4 rings (SSSR count). The summed E-state index contributed by atoms with van der Waals surface area (Å²) in [5, 5.41) is 3.21. The van der Waals surface area contributed by atoms with Crippen LogP contribution < -0.4 is 11.1 Å². The molecule has 144 valence electrons. The lowest BCUT2D eigenvalue weighted by Gasteiger charge is -2.36. The number of hydrogen-bond acceptors (Lipinski definition) is 4. The van der Waals surface area contributed by atoms with E-state index in [0.717, 1.165) is 37.0 Å². The van der Waals surface area contributed by atoms with Gasteiger partial charge in [0.25, 0.3) is 5.91 Å². The minimum absolute atomic E-state index is 0.103. The van der Waals surface area contributed by atoms with E-state index in [1.165, 1.54) is 18.4 Å². The normalized spacial score (nSPS) is 27.9. The molecule has 2 bridgehead atoms. The topological polar surface area (TPSA) is 67.6 Å². The molecule has 3 N–H and O–H groups in total. The second kappa shape index (κ2) is 7.49. The Bertz CT molecular complexity index is 772. The number of benzene rings is 1. The lowest BCUT2D eigenvalue weighted by molar-refractivity contribution is -0.116. The number of nitrogens with one attached hydrogen (secondary N) is 1. The van der Waals surface area contributed by atoms with E-state index in [1.54, 1.807) is 0 Å². The molecule has 2 atom stereocenters. The van der Waals surface area contributed by atoms with Gasteiger partial charge in [-0.1, -0.05) is 18.7 Å². The minimum Gasteiger partial charge on any atom is -0.398 e. The Morgan fingerprint density at radius 3 is 2.70 bits per heavy atom. The lowest BCUT2D eigenvalue weighted by atomic mass is 9.94. The average Bonchev–Trinajstić information content (AvgIpc) is 2.89. The van der Waals surface area contributed by atoms with Crippen LogP contribution in [0.2, 0.25) is 0 Å². The van der Waals surface area contributed by atoms with Gasteiger partial charge >= 0.3 is 0 Å². The number of fused-ring (bicyclic) bond motifs is 2. The molecule has 2 fully saturated rings. The molecule has 5 nitrogen and oxygen atoms in total. The molecule has 27 heavy (non-hydrogen) atoms. The Kier molecular flexibility index (Phi) is 5.06. The molecule has 0 spiro atoms. The number of carbonyl (C=O) groups excluding carboxylic acids is 1. The van der Waals surface area contributed by atoms with E-state index < -0.39 is 0 Å². The Morgan fingerprint density at radius 1 is 1.30 bits per heavy atom. The molecule has 3 heterocycles. The van der Waals surface area contributed by atoms with Crippen LogP contribution in [0.4, 0.5) is 5.69 Å². The van der Waals surface area contributed by atoms with Gasteiger partial charge in [0.05, 0.1) is 13.2 Å². The Balaban J connectivity index is 1.47. The molecule has 2 saturated heterocycles. The zero-order valence-corrected chi connectivity index (χ0v) is 16.0. The van der Waals surface area contributed by atoms with Crippen LogP contribution in [0.5, 0.6) is 0 Å². The van der Waals surface area contributed by atoms with Gasteiger partial charge in [-0.25, -0.2) is 0 Å². The number of nitrogens with zero attached hydrogens (tertiary/aromatic N) is 1. The summed E-state index contributed by atoms with van der Waals surface area (Å²) in [4.78, 5) is 15.3. The summed E-state index contributed by atoms with van der Waals surface area (Å²) < 4.78 is 5.39. The molecule has 3 aliphatic rings. The SMILES string of the molecule is C=C(C(=O)NC1CC2CCC(C1)N2C)c1cc(C2=CCOCC2)ccc1N. The lowest BCUT2D eigenvalue weighted by Crippen LogP contribution is -2.48. The van der Waals surface area contributed by atoms with Crippen LogP contribution >= 0.6 is 0 Å². The number of nitrogen functional groups attached to an aromatic ring is 1. The first-order valence-electron chi connectivity index (χ1n) is 9.91. The first-order chi connectivity index (χ1) is 13.0. The maximum Gasteiger partial charge on any atom is 0.251 e. The predicted octanol–water partition coefficient (Wildman–Crippen LogP) is 2.83. The highest BCUT2D eigenvalue weighted by molar-refractivity contribution is 6.20. The van der Waals surface area contributed by atoms with E-state index in [9.17, 15) is 4.79 Å². The second-order valence-corrected chi connectivity index (χ2v) is 8.03. The van der Waals surface area contributed by atoms with Gasteiger partial charge in [0.1, 0.15) is 0 Å². The van der Waals surface area contributed by atoms with Crippen molar-refractivity contribution in [1.82, 2.24) is 10.2 Å². The van der Waals surface area contributed by atoms with E-state index in [0.29, 0.717) is 30.0 Å². The number of anilines is 1. The maximum absolute atomic E-state index is 12.9. The van der Waals surface area contributed by atoms with E-state index in [2.05, 4.69) is 29.9 Å². The Labute approximate surface area is 161 Å². The molecule has 0 radical (unpaired) electrons. The quantitative estimate of drug-likeness (QED) is 0.634. The number of amides is 1. The summed E-state index contributed by atoms with van der Waals surface area (Å²) in [7, 11) is 2.20. The van der Waals surface area contributed by atoms with Gasteiger partial charge in [-0.15, -0.1) is 0 Å². The molecular formula is C22H29N3O2. The molecule has 3 aliphatic heterocycles. The maximum atomic E-state index is 12.9. The van der Waals surface area contributed by atoms with Crippen LogP contribution in [0, 0.1) is 0 Å². The highest BCUT2D eigenvalue weighted by Crippen LogP contribution is 2.34. The highest BCUT2D eigenvalue weighted by atomic mass is 16.5. The van der Waals surface area contributed by atoms with E-state index >= 15 is 0 Å². The summed E-state index contributed by atoms with van der Waals surface area (Å²) in [6.45, 7) is 5.42. The van der Waals surface area contributed by atoms with E-state index in [-0.39, 0.29) is 11.9 Å². The van der Waals surface area contributed by atoms with Gasteiger partial charge in [0, 0.05) is 34.9 Å². The summed E-state index contributed by atoms with van der Waals surface area (Å²) in [6, 6.07) is 7.29. The molecule has 1 aromatic rings. The van der Waals surface area contributed by atoms with Crippen LogP contribution in [0.1, 0.15) is 43.2 Å². The number of ether oxygens (including phenoxy) is 1. The fourth-order valence-electron chi connectivity index (χ4n) is 4.73. The van der Waals surface area contributed by atoms with Gasteiger partial charge in [-0.2, -0.15) is 0 Å². The van der Waals surface area contributed by atoms with Gasteiger partial charge < -0.3 is 20.7 Å². The fourth-order valence-corrected chi connectivity index (χ4v) is 4.73. The number of hydrogen-bond donors (Lipinski definition) is 2. The largest absolute Gasteiger partial charge is 0.398 e. The highest BCUT2D eigenvalue weighted by Gasteiger charge is 2.39. The van der Waals surface area contributed by atoms with Crippen molar-refractivity contribution in [3.63, 3.8) is 0 Å². The molecule has 0 aromatic heterocycles. The van der Waals surface area contributed by atoms with Gasteiger partial charge in [-0.3, -0.25) is 4.79 Å². The Morgan fingerprint density at radius 2 is 2.04 bits per heavy atom. The number of piperidine rings is 1. The van der Waals surface area contributed by atoms with Crippen LogP contribution in [0.25, 0.3) is 11.1 Å². The van der Waals surface area contributed by atoms with Crippen LogP contribution in [-0.2, 0) is 9.53 Å². The summed E-state index contributed by atoms with van der Waals surface area (Å²) >= 11 is 0. The van der Waals surface area contributed by atoms with Gasteiger partial charge in [-0.05, 0) is 62.4 Å². The van der Waals surface area contributed by atoms with Crippen molar-refractivity contribution in [2.75, 3.05) is 26.0 Å². The third kappa shape index (κ3) is 3.66. The zero-order valence-electron chi connectivity index (χ0n) is 16.0. The number of nitrogens with two attached hydrogens (primary N) is 1. The minimum atomic E-state index is -0.103. The third-order valence-corrected chi connectivity index (χ3v) is 6.42. The van der Waals surface area contributed by atoms with Gasteiger partial charge in [0.2, 0.25) is 0 Å². The molecule has 5 heteroatoms. The van der Waals surface area contributed by atoms with Crippen molar-refractivity contribution in [1.29, 1.82) is 0 Å². The fraction of sp³-hybridized carbons (Fsp3) is 0.500. The van der Waals surface area contributed by atoms with Crippen molar-refractivity contribution < 1.29 is 9.53 Å². The zero-order chi connectivity index (χ0) is 19.0. The first-order valence-corrected chi connectivity index (χ1v) is 9.91. The smallest absolute Gasteiger partial charge is 0.251 e. The van der Waals surface area contributed by atoms with Crippen molar-refractivity contribution in [3.05, 3.63) is 42.0 Å². The monoisotopic (exact) mass is 367 g/mol. The van der Waals surface area contributed by atoms with Crippen LogP contribution in [0.15, 0.2) is 30.9 Å². The summed E-state index contributed by atoms with van der Waals surface area (Å²) in [5.41, 5.74) is 10.3. The third-order valence-electron chi connectivity index (χ3n) is 6.42. The number of carbonyl (C=O) groups is 1. The standard InChI is InChI=1S/C22H29N3O2/c1-14(22(26)24-17-12-18-4-5-19(13-17)25(18)2)20-11-16(3-6-21(20)23)15-7-9-27-10-8-15/h3,6-7,11,17-19H,1,4-5,8-10,12-13,23H2,2H3,(H,24,26). The van der Waals surface area contributed by atoms with Gasteiger partial charge in [0.15, 0.2) is 0 Å². The molecule has 2 unspecified atom stereocenters. The molecule has 0 aliphatic carbocycles. The number of rotatable bonds is 4. The van der Waals surface area contributed by atoms with Crippen LogP contribution in [-0.4, -0.2) is 49.2 Å². The first kappa shape index (κ1) is 18.3. The predicted molar refractivity (Wildman–Crippen MR) is 109 cm³/mol. The molecule has 1 amide bonds. The van der Waals surface area contributed by atoms with E-state index in [1.807, 2.05) is 18.2 Å². The summed E-state index contributed by atoms with van der Waals surface area (Å²) in [5.74, 6) is -0.103. The summed E-state index contributed by atoms with van der Waals surface area (Å²) in [6.07, 6.45) is 7.49. The molecular weight excluding hydrogens is 338 g/mol. The molecule has 1 aromatic carbocycles. The molecule has 0 saturated carbocycles. The second-order valence-electron chi connectivity index (χ2n) is 8.03. The average molecular weight is 367 g/mol. The van der Waals surface area contributed by atoms with Crippen molar-refractivity contribution in [3.8, 4) is 0 Å². The van der Waals surface area contributed by atoms with E-state index in [4.69, 9.17) is 10.5 Å². The Hall–Kier alpha value is -2.11. The van der Waals surface area contributed by atoms with Crippen molar-refractivity contribution >= 4 is 22.7 Å². The van der Waals surface area contributed by atoms with Crippen molar-refractivity contribution in [2.45, 2.75) is 50.2 Å². The van der Waals surface area contributed by atoms with Crippen molar-refractivity contribution in [2.24, 2.45) is 0 Å².